The zero-order valence-corrected chi connectivity index (χ0v) is 19.5. The maximum Gasteiger partial charge on any atom is 0.107 e. The van der Waals surface area contributed by atoms with Crippen molar-refractivity contribution in [3.63, 3.8) is 0 Å². The third-order valence-corrected chi connectivity index (χ3v) is 7.65. The van der Waals surface area contributed by atoms with Gasteiger partial charge in [-0.05, 0) is 88.5 Å². The van der Waals surface area contributed by atoms with Crippen molar-refractivity contribution in [3.05, 3.63) is 41.2 Å². The number of H-pyrrole nitrogens is 1. The molecule has 0 amide bonds. The van der Waals surface area contributed by atoms with Crippen LogP contribution < -0.4 is 5.32 Å². The second-order valence-corrected chi connectivity index (χ2v) is 10.3. The van der Waals surface area contributed by atoms with Gasteiger partial charge in [-0.15, -0.1) is 0 Å². The summed E-state index contributed by atoms with van der Waals surface area (Å²) in [5.74, 6) is 3.83. The van der Waals surface area contributed by atoms with Gasteiger partial charge in [0.2, 0.25) is 0 Å². The number of likely N-dealkylation sites (tertiary alicyclic amines) is 1. The van der Waals surface area contributed by atoms with Gasteiger partial charge in [-0.2, -0.15) is 0 Å². The predicted molar refractivity (Wildman–Crippen MR) is 127 cm³/mol. The Balaban J connectivity index is 1.44. The van der Waals surface area contributed by atoms with Gasteiger partial charge < -0.3 is 15.2 Å². The van der Waals surface area contributed by atoms with Gasteiger partial charge in [0.1, 0.15) is 5.82 Å². The third kappa shape index (κ3) is 4.81. The van der Waals surface area contributed by atoms with Crippen molar-refractivity contribution in [1.29, 1.82) is 0 Å². The van der Waals surface area contributed by atoms with Crippen LogP contribution in [-0.2, 0) is 6.42 Å². The number of fused-ring (bicyclic) bond motifs is 1. The van der Waals surface area contributed by atoms with Gasteiger partial charge in [-0.1, -0.05) is 37.6 Å². The van der Waals surface area contributed by atoms with Crippen molar-refractivity contribution in [2.45, 2.75) is 59.4 Å². The molecule has 2 aliphatic rings. The topological polar surface area (TPSA) is 44.0 Å². The van der Waals surface area contributed by atoms with Crippen LogP contribution in [-0.4, -0.2) is 47.6 Å². The molecule has 1 aliphatic carbocycles. The Labute approximate surface area is 182 Å². The van der Waals surface area contributed by atoms with Gasteiger partial charge in [0.25, 0.3) is 0 Å². The molecule has 4 rings (SSSR count). The Hall–Kier alpha value is -1.65. The average Bonchev–Trinajstić information content (AvgIpc) is 3.13. The molecule has 1 saturated heterocycles. The summed E-state index contributed by atoms with van der Waals surface area (Å²) in [7, 11) is 2.24. The molecule has 4 heteroatoms. The lowest BCUT2D eigenvalue weighted by atomic mass is 9.69. The Morgan fingerprint density at radius 1 is 1.20 bits per heavy atom. The number of nitrogens with one attached hydrogen (secondary N) is 2. The van der Waals surface area contributed by atoms with Crippen molar-refractivity contribution in [3.8, 4) is 0 Å². The number of hydrogen-bond donors (Lipinski definition) is 2. The highest BCUT2D eigenvalue weighted by Gasteiger charge is 2.32. The van der Waals surface area contributed by atoms with Crippen LogP contribution in [0.2, 0.25) is 0 Å². The number of nitrogens with zero attached hydrogens (tertiary/aromatic N) is 2. The SMILES string of the molecule is CC1=CC(CNC2CCN(C)CC2)C(C(C)C)CC1Cc1nc2c(C)cccc2[nH]1. The van der Waals surface area contributed by atoms with Crippen LogP contribution in [0.15, 0.2) is 29.8 Å². The van der Waals surface area contributed by atoms with E-state index in [0.717, 1.165) is 30.2 Å². The fraction of sp³-hybridized carbons (Fsp3) is 0.654. The average molecular weight is 409 g/mol. The normalized spacial score (nSPS) is 26.5. The number of rotatable bonds is 6. The molecular weight excluding hydrogens is 368 g/mol. The van der Waals surface area contributed by atoms with Gasteiger partial charge in [0.05, 0.1) is 11.0 Å². The molecule has 1 fully saturated rings. The van der Waals surface area contributed by atoms with Crippen molar-refractivity contribution in [2.75, 3.05) is 26.7 Å². The lowest BCUT2D eigenvalue weighted by Gasteiger charge is -2.38. The first kappa shape index (κ1) is 21.6. The third-order valence-electron chi connectivity index (χ3n) is 7.65. The monoisotopic (exact) mass is 408 g/mol. The highest BCUT2D eigenvalue weighted by Crippen LogP contribution is 2.38. The molecule has 1 aromatic carbocycles. The van der Waals surface area contributed by atoms with Gasteiger partial charge in [0.15, 0.2) is 0 Å². The van der Waals surface area contributed by atoms with Crippen LogP contribution in [0, 0.1) is 30.6 Å². The second-order valence-electron chi connectivity index (χ2n) is 10.3. The van der Waals surface area contributed by atoms with E-state index in [1.54, 1.807) is 5.57 Å². The fourth-order valence-corrected chi connectivity index (χ4v) is 5.58. The van der Waals surface area contributed by atoms with Gasteiger partial charge in [0, 0.05) is 19.0 Å². The minimum absolute atomic E-state index is 0.595. The number of para-hydroxylation sites is 1. The number of imidazole rings is 1. The molecule has 2 heterocycles. The van der Waals surface area contributed by atoms with Gasteiger partial charge >= 0.3 is 0 Å². The molecule has 3 unspecified atom stereocenters. The highest BCUT2D eigenvalue weighted by molar-refractivity contribution is 5.78. The van der Waals surface area contributed by atoms with E-state index in [0.29, 0.717) is 23.8 Å². The van der Waals surface area contributed by atoms with Crippen molar-refractivity contribution < 1.29 is 0 Å². The van der Waals surface area contributed by atoms with Crippen LogP contribution in [0.5, 0.6) is 0 Å². The zero-order chi connectivity index (χ0) is 21.3. The molecule has 0 radical (unpaired) electrons. The highest BCUT2D eigenvalue weighted by atomic mass is 15.1. The number of allylic oxidation sites excluding steroid dienone is 1. The Morgan fingerprint density at radius 2 is 1.97 bits per heavy atom. The van der Waals surface area contributed by atoms with Crippen molar-refractivity contribution in [2.24, 2.45) is 23.7 Å². The van der Waals surface area contributed by atoms with Gasteiger partial charge in [-0.25, -0.2) is 4.98 Å². The molecule has 4 nitrogen and oxygen atoms in total. The summed E-state index contributed by atoms with van der Waals surface area (Å²) < 4.78 is 0. The standard InChI is InChI=1S/C26H40N4/c1-17(2)23-14-20(15-25-28-24-8-6-7-18(3)26(24)29-25)19(4)13-21(23)16-27-22-9-11-30(5)12-10-22/h6-8,13,17,20-23,27H,9-12,14-16H2,1-5H3,(H,28,29). The number of aromatic amines is 1. The lowest BCUT2D eigenvalue weighted by Crippen LogP contribution is -2.44. The first-order valence-corrected chi connectivity index (χ1v) is 11.9. The molecule has 0 saturated carbocycles. The van der Waals surface area contributed by atoms with Crippen LogP contribution in [0.4, 0.5) is 0 Å². The molecule has 2 N–H and O–H groups in total. The molecule has 0 spiro atoms. The van der Waals surface area contributed by atoms with Crippen LogP contribution in [0.3, 0.4) is 0 Å². The Morgan fingerprint density at radius 3 is 2.67 bits per heavy atom. The molecule has 1 aliphatic heterocycles. The first-order valence-electron chi connectivity index (χ1n) is 11.9. The minimum Gasteiger partial charge on any atom is -0.342 e. The van der Waals surface area contributed by atoms with E-state index in [2.05, 4.69) is 74.2 Å². The van der Waals surface area contributed by atoms with Crippen LogP contribution in [0.25, 0.3) is 11.0 Å². The van der Waals surface area contributed by atoms with E-state index >= 15 is 0 Å². The molecule has 0 bridgehead atoms. The fourth-order valence-electron chi connectivity index (χ4n) is 5.58. The molecule has 2 aromatic rings. The van der Waals surface area contributed by atoms with Gasteiger partial charge in [-0.3, -0.25) is 0 Å². The number of piperidine rings is 1. The molecule has 30 heavy (non-hydrogen) atoms. The first-order chi connectivity index (χ1) is 14.4. The lowest BCUT2D eigenvalue weighted by molar-refractivity contribution is 0.197. The van der Waals surface area contributed by atoms with E-state index in [1.165, 1.54) is 43.4 Å². The Kier molecular flexibility index (Phi) is 6.64. The number of hydrogen-bond acceptors (Lipinski definition) is 3. The minimum atomic E-state index is 0.595. The molecule has 164 valence electrons. The van der Waals surface area contributed by atoms with E-state index < -0.39 is 0 Å². The van der Waals surface area contributed by atoms with Crippen molar-refractivity contribution >= 4 is 11.0 Å². The van der Waals surface area contributed by atoms with E-state index in [9.17, 15) is 0 Å². The quantitative estimate of drug-likeness (QED) is 0.665. The summed E-state index contributed by atoms with van der Waals surface area (Å²) in [4.78, 5) is 11.0. The molecule has 1 aromatic heterocycles. The molecular formula is C26H40N4. The summed E-state index contributed by atoms with van der Waals surface area (Å²) in [6.45, 7) is 12.9. The van der Waals surface area contributed by atoms with E-state index in [1.807, 2.05) is 0 Å². The summed E-state index contributed by atoms with van der Waals surface area (Å²) in [6.07, 6.45) is 7.46. The van der Waals surface area contributed by atoms with E-state index in [4.69, 9.17) is 4.98 Å². The van der Waals surface area contributed by atoms with Crippen LogP contribution in [0.1, 0.15) is 51.4 Å². The summed E-state index contributed by atoms with van der Waals surface area (Å²) in [6, 6.07) is 7.10. The second kappa shape index (κ2) is 9.23. The molecule has 3 atom stereocenters. The van der Waals surface area contributed by atoms with Crippen LogP contribution >= 0.6 is 0 Å². The smallest absolute Gasteiger partial charge is 0.107 e. The Bertz CT molecular complexity index is 872. The maximum absolute atomic E-state index is 4.93. The number of aromatic nitrogens is 2. The number of benzene rings is 1. The predicted octanol–water partition coefficient (Wildman–Crippen LogP) is 4.95. The zero-order valence-electron chi connectivity index (χ0n) is 19.5. The summed E-state index contributed by atoms with van der Waals surface area (Å²) >= 11 is 0. The summed E-state index contributed by atoms with van der Waals surface area (Å²) in [5.41, 5.74) is 5.11. The van der Waals surface area contributed by atoms with Crippen molar-refractivity contribution in [1.82, 2.24) is 20.2 Å². The summed E-state index contributed by atoms with van der Waals surface area (Å²) in [5, 5.41) is 3.92. The largest absolute Gasteiger partial charge is 0.342 e. The van der Waals surface area contributed by atoms with E-state index in [-0.39, 0.29) is 0 Å². The number of aryl methyl sites for hydroxylation is 1. The maximum atomic E-state index is 4.93.